The van der Waals surface area contributed by atoms with E-state index in [1.165, 1.54) is 70.6 Å². The summed E-state index contributed by atoms with van der Waals surface area (Å²) in [6.45, 7) is 2.85. The minimum atomic E-state index is -5.35. The zero-order chi connectivity index (χ0) is 33.4. The van der Waals surface area contributed by atoms with Crippen LogP contribution in [0.2, 0.25) is 0 Å². The first-order chi connectivity index (χ1) is 22.2. The van der Waals surface area contributed by atoms with Gasteiger partial charge in [0.05, 0.1) is 0 Å². The second-order valence-electron chi connectivity index (χ2n) is 13.3. The molecule has 0 bridgehead atoms. The molecule has 264 valence electrons. The molecule has 0 spiro atoms. The molecule has 2 rings (SSSR count). The Bertz CT molecular complexity index is 983. The van der Waals surface area contributed by atoms with E-state index in [-0.39, 0.29) is 6.61 Å². The average molecular weight is 665 g/mol. The molecule has 5 N–H and O–H groups in total. The van der Waals surface area contributed by atoms with Crippen molar-refractivity contribution in [1.29, 1.82) is 0 Å². The Balaban J connectivity index is 1.73. The third-order valence-corrected chi connectivity index (χ3v) is 11.0. The maximum atomic E-state index is 11.1. The van der Waals surface area contributed by atoms with Gasteiger partial charge in [0.1, 0.15) is 0 Å². The van der Waals surface area contributed by atoms with Crippen molar-refractivity contribution >= 4 is 7.28 Å². The molecule has 46 heavy (non-hydrogen) atoms. The molecule has 0 radical (unpaired) electrons. The summed E-state index contributed by atoms with van der Waals surface area (Å²) in [5.41, 5.74) is 2.22. The number of rotatable bonds is 29. The van der Waals surface area contributed by atoms with Crippen molar-refractivity contribution in [1.82, 2.24) is 0 Å². The Kier molecular flexibility index (Phi) is 21.1. The van der Waals surface area contributed by atoms with Crippen LogP contribution in [-0.2, 0) is 22.3 Å². The zero-order valence-corrected chi connectivity index (χ0v) is 29.5. The van der Waals surface area contributed by atoms with Gasteiger partial charge in [-0.3, -0.25) is 0 Å². The molecule has 0 aliphatic heterocycles. The second-order valence-corrected chi connectivity index (χ2v) is 16.7. The molecule has 7 nitrogen and oxygen atoms in total. The summed E-state index contributed by atoms with van der Waals surface area (Å²) in [5.74, 6) is 0. The molecular formula is C38H65O7P. The number of aliphatic hydroxyl groups excluding tert-OH is 2. The van der Waals surface area contributed by atoms with Gasteiger partial charge in [-0.15, -0.1) is 0 Å². The van der Waals surface area contributed by atoms with Crippen molar-refractivity contribution in [2.24, 2.45) is 0 Å². The first-order valence-corrected chi connectivity index (χ1v) is 20.5. The standard InChI is InChI=1S/C38H65O7P/c1-2-3-4-5-6-7-8-9-10-11-12-13-14-21-26-38(45-30-28-35-24-19-16-20-25-35)37(40)33-46(41,42,43)32-36(39)31-44-29-27-34-22-17-15-18-23-34/h15-20,22-25,36-43H,2-14,21,26-33H2,1H3. The number of aliphatic hydroxyl groups is 2. The number of unbranched alkanes of at least 4 members (excludes halogenated alkanes) is 13. The Hall–Kier alpha value is -1.41. The molecule has 0 aromatic heterocycles. The van der Waals surface area contributed by atoms with Crippen LogP contribution in [0.4, 0.5) is 0 Å². The maximum absolute atomic E-state index is 11.1. The van der Waals surface area contributed by atoms with Crippen molar-refractivity contribution in [2.45, 2.75) is 134 Å². The topological polar surface area (TPSA) is 120 Å². The van der Waals surface area contributed by atoms with Crippen molar-refractivity contribution in [3.05, 3.63) is 71.8 Å². The van der Waals surface area contributed by atoms with E-state index in [2.05, 4.69) is 6.92 Å². The van der Waals surface area contributed by atoms with E-state index in [4.69, 9.17) is 9.47 Å². The van der Waals surface area contributed by atoms with Crippen LogP contribution in [0.3, 0.4) is 0 Å². The van der Waals surface area contributed by atoms with Crippen LogP contribution >= 0.6 is 7.28 Å². The second kappa shape index (κ2) is 23.8. The first-order valence-electron chi connectivity index (χ1n) is 18.1. The van der Waals surface area contributed by atoms with Gasteiger partial charge in [-0.25, -0.2) is 0 Å². The molecule has 0 heterocycles. The minimum absolute atomic E-state index is 0.140. The summed E-state index contributed by atoms with van der Waals surface area (Å²) >= 11 is 0. The van der Waals surface area contributed by atoms with Gasteiger partial charge in [-0.1, -0.05) is 45.4 Å². The fourth-order valence-corrected chi connectivity index (χ4v) is 8.13. The van der Waals surface area contributed by atoms with Crippen LogP contribution in [0.5, 0.6) is 0 Å². The molecule has 0 amide bonds. The van der Waals surface area contributed by atoms with Crippen LogP contribution in [-0.4, -0.2) is 75.3 Å². The zero-order valence-electron chi connectivity index (χ0n) is 28.6. The third-order valence-electron chi connectivity index (χ3n) is 8.67. The van der Waals surface area contributed by atoms with Crippen molar-refractivity contribution in [2.75, 3.05) is 32.1 Å². The Morgan fingerprint density at radius 2 is 1.04 bits per heavy atom. The molecule has 3 unspecified atom stereocenters. The summed E-state index contributed by atoms with van der Waals surface area (Å²) < 4.78 is 11.6. The molecule has 0 fully saturated rings. The summed E-state index contributed by atoms with van der Waals surface area (Å²) in [5, 5.41) is 21.5. The normalized spacial score (nSPS) is 14.9. The van der Waals surface area contributed by atoms with Gasteiger partial charge < -0.3 is 0 Å². The van der Waals surface area contributed by atoms with Crippen LogP contribution in [0, 0.1) is 0 Å². The van der Waals surface area contributed by atoms with E-state index in [9.17, 15) is 24.9 Å². The van der Waals surface area contributed by atoms with Crippen molar-refractivity contribution in [3.8, 4) is 0 Å². The summed E-state index contributed by atoms with van der Waals surface area (Å²) in [7, 11) is -5.35. The molecule has 3 atom stereocenters. The van der Waals surface area contributed by atoms with Gasteiger partial charge in [0.15, 0.2) is 0 Å². The fourth-order valence-electron chi connectivity index (χ4n) is 6.01. The molecule has 2 aromatic rings. The van der Waals surface area contributed by atoms with Crippen LogP contribution in [0.25, 0.3) is 0 Å². The van der Waals surface area contributed by atoms with Gasteiger partial charge in [0.2, 0.25) is 0 Å². The van der Waals surface area contributed by atoms with Gasteiger partial charge in [-0.2, -0.15) is 0 Å². The molecule has 2 aromatic carbocycles. The monoisotopic (exact) mass is 664 g/mol. The quantitative estimate of drug-likeness (QED) is 0.0446. The molecule has 0 saturated carbocycles. The van der Waals surface area contributed by atoms with Gasteiger partial charge in [0, 0.05) is 0 Å². The van der Waals surface area contributed by atoms with E-state index in [0.717, 1.165) is 30.4 Å². The molecule has 0 aliphatic carbocycles. The fraction of sp³-hybridized carbons (Fsp3) is 0.684. The van der Waals surface area contributed by atoms with Crippen molar-refractivity contribution < 1.29 is 34.4 Å². The van der Waals surface area contributed by atoms with Crippen LogP contribution < -0.4 is 0 Å². The predicted octanol–water partition coefficient (Wildman–Crippen LogP) is 7.74. The number of ether oxygens (including phenoxy) is 2. The van der Waals surface area contributed by atoms with Gasteiger partial charge in [0.25, 0.3) is 0 Å². The molecule has 0 saturated heterocycles. The number of hydrogen-bond donors (Lipinski definition) is 5. The first kappa shape index (κ1) is 40.8. The molecule has 0 aliphatic rings. The Labute approximate surface area is 279 Å². The van der Waals surface area contributed by atoms with E-state index in [0.29, 0.717) is 32.5 Å². The Morgan fingerprint density at radius 1 is 0.587 bits per heavy atom. The summed E-state index contributed by atoms with van der Waals surface area (Å²) in [6, 6.07) is 19.7. The van der Waals surface area contributed by atoms with Crippen LogP contribution in [0.1, 0.15) is 114 Å². The SMILES string of the molecule is CCCCCCCCCCCCCCCCC(OCCc1ccccc1)C(O)CP(O)(O)(O)CC(O)COCCc1ccccc1. The van der Waals surface area contributed by atoms with Gasteiger partial charge in [-0.05, 0) is 0 Å². The summed E-state index contributed by atoms with van der Waals surface area (Å²) in [4.78, 5) is 32.4. The van der Waals surface area contributed by atoms with E-state index in [1.807, 2.05) is 60.7 Å². The van der Waals surface area contributed by atoms with E-state index in [1.54, 1.807) is 0 Å². The van der Waals surface area contributed by atoms with E-state index >= 15 is 0 Å². The third kappa shape index (κ3) is 20.7. The summed E-state index contributed by atoms with van der Waals surface area (Å²) in [6.07, 6.45) is 15.0. The van der Waals surface area contributed by atoms with E-state index < -0.39 is 37.9 Å². The Morgan fingerprint density at radius 3 is 1.54 bits per heavy atom. The molecular weight excluding hydrogens is 599 g/mol. The van der Waals surface area contributed by atoms with Crippen LogP contribution in [0.15, 0.2) is 60.7 Å². The average Bonchev–Trinajstić information content (AvgIpc) is 3.02. The number of hydrogen-bond acceptors (Lipinski definition) is 7. The molecule has 8 heteroatoms. The van der Waals surface area contributed by atoms with Crippen molar-refractivity contribution in [3.63, 3.8) is 0 Å². The predicted molar refractivity (Wildman–Crippen MR) is 191 cm³/mol. The number of benzene rings is 2. The van der Waals surface area contributed by atoms with Gasteiger partial charge >= 0.3 is 235 Å².